The molecule has 0 radical (unpaired) electrons. The smallest absolute Gasteiger partial charge is 0.244 e. The Hall–Kier alpha value is -2.37. The molecule has 1 fully saturated rings. The summed E-state index contributed by atoms with van der Waals surface area (Å²) in [6.45, 7) is 4.58. The summed E-state index contributed by atoms with van der Waals surface area (Å²) < 4.78 is 0. The molecule has 0 spiro atoms. The van der Waals surface area contributed by atoms with Crippen LogP contribution in [0.3, 0.4) is 0 Å². The van der Waals surface area contributed by atoms with Crippen LogP contribution in [0.5, 0.6) is 0 Å². The molecular weight excluding hydrogens is 318 g/mol. The number of benzene rings is 1. The first kappa shape index (κ1) is 19.0. The van der Waals surface area contributed by atoms with Gasteiger partial charge < -0.3 is 15.5 Å². The molecule has 25 heavy (non-hydrogen) atoms. The molecule has 1 saturated heterocycles. The van der Waals surface area contributed by atoms with Crippen LogP contribution in [0.25, 0.3) is 0 Å². The summed E-state index contributed by atoms with van der Waals surface area (Å²) >= 11 is 0. The third kappa shape index (κ3) is 5.89. The number of likely N-dealkylation sites (tertiary alicyclic amines) is 1. The van der Waals surface area contributed by atoms with Gasteiger partial charge in [0.1, 0.15) is 12.1 Å². The zero-order valence-corrected chi connectivity index (χ0v) is 15.0. The highest BCUT2D eigenvalue weighted by atomic mass is 16.2. The average molecular weight is 345 g/mol. The number of hydrogen-bond acceptors (Lipinski definition) is 3. The third-order valence-electron chi connectivity index (χ3n) is 4.37. The van der Waals surface area contributed by atoms with Gasteiger partial charge in [-0.1, -0.05) is 30.3 Å². The lowest BCUT2D eigenvalue weighted by molar-refractivity contribution is -0.137. The summed E-state index contributed by atoms with van der Waals surface area (Å²) in [5, 5.41) is 5.43. The first-order valence-electron chi connectivity index (χ1n) is 8.87. The fourth-order valence-corrected chi connectivity index (χ4v) is 3.07. The average Bonchev–Trinajstić information content (AvgIpc) is 2.61. The molecule has 1 aromatic carbocycles. The molecule has 0 aliphatic carbocycles. The summed E-state index contributed by atoms with van der Waals surface area (Å²) in [6, 6.07) is 8.20. The van der Waals surface area contributed by atoms with Crippen LogP contribution in [0, 0.1) is 0 Å². The predicted molar refractivity (Wildman–Crippen MR) is 95.8 cm³/mol. The molecule has 0 aromatic heterocycles. The van der Waals surface area contributed by atoms with E-state index in [4.69, 9.17) is 0 Å². The number of carbonyl (C=O) groups excluding carboxylic acids is 3. The molecule has 1 aromatic rings. The molecule has 1 aliphatic rings. The van der Waals surface area contributed by atoms with Gasteiger partial charge in [-0.25, -0.2) is 0 Å². The van der Waals surface area contributed by atoms with Crippen LogP contribution in [0.1, 0.15) is 38.7 Å². The quantitative estimate of drug-likeness (QED) is 0.814. The Labute approximate surface area is 149 Å². The fourth-order valence-electron chi connectivity index (χ4n) is 3.07. The number of amides is 3. The summed E-state index contributed by atoms with van der Waals surface area (Å²) in [6.07, 6.45) is 3.55. The Morgan fingerprint density at radius 1 is 1.04 bits per heavy atom. The van der Waals surface area contributed by atoms with Crippen molar-refractivity contribution in [3.05, 3.63) is 35.9 Å². The minimum absolute atomic E-state index is 0.0608. The lowest BCUT2D eigenvalue weighted by atomic mass is 10.0. The molecular formula is C19H27N3O3. The van der Waals surface area contributed by atoms with E-state index in [1.807, 2.05) is 30.3 Å². The maximum absolute atomic E-state index is 12.6. The largest absolute Gasteiger partial charge is 0.344 e. The molecule has 6 heteroatoms. The van der Waals surface area contributed by atoms with Crippen LogP contribution in [0.2, 0.25) is 0 Å². The second kappa shape index (κ2) is 9.20. The Morgan fingerprint density at radius 2 is 1.68 bits per heavy atom. The van der Waals surface area contributed by atoms with Crippen molar-refractivity contribution < 1.29 is 14.4 Å². The molecule has 0 saturated carbocycles. The van der Waals surface area contributed by atoms with Crippen molar-refractivity contribution in [3.63, 3.8) is 0 Å². The van der Waals surface area contributed by atoms with E-state index in [9.17, 15) is 14.4 Å². The molecule has 0 bridgehead atoms. The maximum atomic E-state index is 12.6. The lowest BCUT2D eigenvalue weighted by Crippen LogP contribution is -2.54. The number of carbonyl (C=O) groups is 3. The zero-order valence-electron chi connectivity index (χ0n) is 15.0. The highest BCUT2D eigenvalue weighted by molar-refractivity contribution is 5.91. The van der Waals surface area contributed by atoms with Crippen LogP contribution in [0.4, 0.5) is 0 Å². The maximum Gasteiger partial charge on any atom is 0.244 e. The molecule has 2 rings (SSSR count). The molecule has 1 heterocycles. The Morgan fingerprint density at radius 3 is 2.28 bits per heavy atom. The van der Waals surface area contributed by atoms with Crippen molar-refractivity contribution in [2.75, 3.05) is 13.1 Å². The van der Waals surface area contributed by atoms with Gasteiger partial charge in [-0.15, -0.1) is 0 Å². The standard InChI is InChI=1S/C19H27N3O3/c1-14(19(25)22-11-7-4-8-12-22)20-18(24)17(21-15(2)23)13-16-9-5-3-6-10-16/h3,5-6,9-10,14,17H,4,7-8,11-13H2,1-2H3,(H,20,24)(H,21,23)/t14-,17-/m0/s1. The van der Waals surface area contributed by atoms with Crippen molar-refractivity contribution in [1.29, 1.82) is 0 Å². The van der Waals surface area contributed by atoms with Gasteiger partial charge in [0, 0.05) is 26.4 Å². The summed E-state index contributed by atoms with van der Waals surface area (Å²) in [4.78, 5) is 38.3. The van der Waals surface area contributed by atoms with E-state index in [1.165, 1.54) is 6.92 Å². The van der Waals surface area contributed by atoms with E-state index in [1.54, 1.807) is 11.8 Å². The van der Waals surface area contributed by atoms with Gasteiger partial charge in [0.2, 0.25) is 17.7 Å². The van der Waals surface area contributed by atoms with E-state index >= 15 is 0 Å². The summed E-state index contributed by atoms with van der Waals surface area (Å²) in [7, 11) is 0. The first-order chi connectivity index (χ1) is 12.0. The van der Waals surface area contributed by atoms with Gasteiger partial charge in [-0.2, -0.15) is 0 Å². The van der Waals surface area contributed by atoms with Crippen molar-refractivity contribution in [2.45, 2.75) is 51.6 Å². The van der Waals surface area contributed by atoms with E-state index < -0.39 is 12.1 Å². The SMILES string of the molecule is CC(=O)N[C@@H](Cc1ccccc1)C(=O)N[C@@H](C)C(=O)N1CCCCC1. The third-order valence-corrected chi connectivity index (χ3v) is 4.37. The Kier molecular flexibility index (Phi) is 6.98. The fraction of sp³-hybridized carbons (Fsp3) is 0.526. The number of rotatable bonds is 6. The van der Waals surface area contributed by atoms with Crippen LogP contribution in [0.15, 0.2) is 30.3 Å². The molecule has 2 N–H and O–H groups in total. The second-order valence-electron chi connectivity index (χ2n) is 6.56. The van der Waals surface area contributed by atoms with E-state index in [2.05, 4.69) is 10.6 Å². The monoisotopic (exact) mass is 345 g/mol. The van der Waals surface area contributed by atoms with Gasteiger partial charge in [0.05, 0.1) is 0 Å². The van der Waals surface area contributed by atoms with Crippen LogP contribution >= 0.6 is 0 Å². The topological polar surface area (TPSA) is 78.5 Å². The number of piperidine rings is 1. The van der Waals surface area contributed by atoms with E-state index in [0.29, 0.717) is 6.42 Å². The van der Waals surface area contributed by atoms with Crippen molar-refractivity contribution >= 4 is 17.7 Å². The lowest BCUT2D eigenvalue weighted by Gasteiger charge is -2.30. The molecule has 2 atom stereocenters. The Balaban J connectivity index is 1.97. The van der Waals surface area contributed by atoms with Gasteiger partial charge in [0.15, 0.2) is 0 Å². The van der Waals surface area contributed by atoms with Crippen molar-refractivity contribution in [1.82, 2.24) is 15.5 Å². The van der Waals surface area contributed by atoms with Crippen molar-refractivity contribution in [3.8, 4) is 0 Å². The summed E-state index contributed by atoms with van der Waals surface area (Å²) in [5.74, 6) is -0.669. The Bertz CT molecular complexity index is 597. The molecule has 6 nitrogen and oxygen atoms in total. The van der Waals surface area contributed by atoms with E-state index in [0.717, 1.165) is 37.9 Å². The summed E-state index contributed by atoms with van der Waals surface area (Å²) in [5.41, 5.74) is 0.950. The van der Waals surface area contributed by atoms with Crippen LogP contribution in [-0.4, -0.2) is 47.8 Å². The van der Waals surface area contributed by atoms with E-state index in [-0.39, 0.29) is 17.7 Å². The minimum atomic E-state index is -0.698. The normalized spacial score (nSPS) is 16.6. The van der Waals surface area contributed by atoms with Gasteiger partial charge in [-0.05, 0) is 31.7 Å². The zero-order chi connectivity index (χ0) is 18.2. The van der Waals surface area contributed by atoms with Gasteiger partial charge >= 0.3 is 0 Å². The number of nitrogens with zero attached hydrogens (tertiary/aromatic N) is 1. The molecule has 3 amide bonds. The second-order valence-corrected chi connectivity index (χ2v) is 6.56. The predicted octanol–water partition coefficient (Wildman–Crippen LogP) is 1.25. The first-order valence-corrected chi connectivity index (χ1v) is 8.87. The minimum Gasteiger partial charge on any atom is -0.344 e. The number of nitrogens with one attached hydrogen (secondary N) is 2. The van der Waals surface area contributed by atoms with Gasteiger partial charge in [0.25, 0.3) is 0 Å². The molecule has 0 unspecified atom stereocenters. The molecule has 1 aliphatic heterocycles. The van der Waals surface area contributed by atoms with Crippen LogP contribution in [-0.2, 0) is 20.8 Å². The molecule has 136 valence electrons. The van der Waals surface area contributed by atoms with Crippen LogP contribution < -0.4 is 10.6 Å². The number of hydrogen-bond donors (Lipinski definition) is 2. The highest BCUT2D eigenvalue weighted by Crippen LogP contribution is 2.10. The highest BCUT2D eigenvalue weighted by Gasteiger charge is 2.27. The van der Waals surface area contributed by atoms with Crippen molar-refractivity contribution in [2.24, 2.45) is 0 Å². The van der Waals surface area contributed by atoms with Gasteiger partial charge in [-0.3, -0.25) is 14.4 Å².